The zero-order valence-corrected chi connectivity index (χ0v) is 14.6. The van der Waals surface area contributed by atoms with Crippen LogP contribution < -0.4 is 10.2 Å². The Kier molecular flexibility index (Phi) is 6.04. The van der Waals surface area contributed by atoms with Crippen molar-refractivity contribution >= 4 is 12.6 Å². The summed E-state index contributed by atoms with van der Waals surface area (Å²) in [7, 11) is -1.63. The molecule has 0 aliphatic rings. The van der Waals surface area contributed by atoms with E-state index < -0.39 is 7.12 Å². The summed E-state index contributed by atoms with van der Waals surface area (Å²) in [6.45, 7) is 2.53. The number of ether oxygens (including phenoxy) is 1. The van der Waals surface area contributed by atoms with Crippen molar-refractivity contribution < 1.29 is 19.2 Å². The minimum atomic E-state index is -1.63. The minimum Gasteiger partial charge on any atom is -0.493 e. The minimum absolute atomic E-state index is 0.255. The summed E-state index contributed by atoms with van der Waals surface area (Å²) in [5, 5.41) is 27.2. The molecule has 0 radical (unpaired) electrons. The second-order valence-electron chi connectivity index (χ2n) is 5.96. The molecule has 0 aliphatic carbocycles. The van der Waals surface area contributed by atoms with E-state index in [9.17, 15) is 10.0 Å². The molecular weight excluding hydrogens is 331 g/mol. The van der Waals surface area contributed by atoms with Crippen LogP contribution in [0.5, 0.6) is 5.75 Å². The highest BCUT2D eigenvalue weighted by Crippen LogP contribution is 2.22. The van der Waals surface area contributed by atoms with E-state index in [4.69, 9.17) is 9.15 Å². The molecule has 0 atom stereocenters. The molecule has 0 aliphatic heterocycles. The third-order valence-electron chi connectivity index (χ3n) is 3.97. The molecule has 0 unspecified atom stereocenters. The summed E-state index contributed by atoms with van der Waals surface area (Å²) in [5.74, 6) is 1.39. The standard InChI is InChI=1S/C19H21BN2O4/c1-2-6-18-21-22-19(26-18)16-13-15(9-10-17(16)20(23)24)25-12-11-14-7-4-3-5-8-14/h3-5,7-10,13,23-24H,2,6,11-12H2,1H3. The van der Waals surface area contributed by atoms with Crippen LogP contribution in [0, 0.1) is 0 Å². The highest BCUT2D eigenvalue weighted by molar-refractivity contribution is 6.60. The first kappa shape index (κ1) is 18.2. The van der Waals surface area contributed by atoms with Crippen molar-refractivity contribution in [1.82, 2.24) is 10.2 Å². The number of aromatic nitrogens is 2. The van der Waals surface area contributed by atoms with E-state index in [1.54, 1.807) is 18.2 Å². The maximum Gasteiger partial charge on any atom is 0.489 e. The predicted octanol–water partition coefficient (Wildman–Crippen LogP) is 1.99. The summed E-state index contributed by atoms with van der Waals surface area (Å²) < 4.78 is 11.4. The van der Waals surface area contributed by atoms with Gasteiger partial charge in [-0.25, -0.2) is 0 Å². The van der Waals surface area contributed by atoms with Gasteiger partial charge in [-0.1, -0.05) is 43.3 Å². The van der Waals surface area contributed by atoms with Crippen LogP contribution in [-0.2, 0) is 12.8 Å². The third-order valence-corrected chi connectivity index (χ3v) is 3.97. The summed E-state index contributed by atoms with van der Waals surface area (Å²) in [6, 6.07) is 15.1. The Balaban J connectivity index is 1.77. The van der Waals surface area contributed by atoms with E-state index in [2.05, 4.69) is 10.2 Å². The highest BCUT2D eigenvalue weighted by Gasteiger charge is 2.21. The van der Waals surface area contributed by atoms with Crippen LogP contribution in [0.4, 0.5) is 0 Å². The number of hydrogen-bond donors (Lipinski definition) is 2. The van der Waals surface area contributed by atoms with Crippen molar-refractivity contribution in [2.75, 3.05) is 6.61 Å². The van der Waals surface area contributed by atoms with E-state index in [-0.39, 0.29) is 5.89 Å². The Morgan fingerprint density at radius 2 is 1.85 bits per heavy atom. The van der Waals surface area contributed by atoms with Gasteiger partial charge in [0.2, 0.25) is 11.8 Å². The smallest absolute Gasteiger partial charge is 0.489 e. The van der Waals surface area contributed by atoms with E-state index in [0.717, 1.165) is 12.8 Å². The van der Waals surface area contributed by atoms with Gasteiger partial charge in [0, 0.05) is 18.4 Å². The van der Waals surface area contributed by atoms with Crippen LogP contribution >= 0.6 is 0 Å². The lowest BCUT2D eigenvalue weighted by Crippen LogP contribution is -2.31. The summed E-state index contributed by atoms with van der Waals surface area (Å²) in [6.07, 6.45) is 2.35. The Bertz CT molecular complexity index is 837. The molecule has 0 spiro atoms. The summed E-state index contributed by atoms with van der Waals surface area (Å²) in [4.78, 5) is 0. The lowest BCUT2D eigenvalue weighted by molar-refractivity contribution is 0.322. The molecule has 26 heavy (non-hydrogen) atoms. The summed E-state index contributed by atoms with van der Waals surface area (Å²) >= 11 is 0. The third kappa shape index (κ3) is 4.50. The molecule has 3 rings (SSSR count). The fraction of sp³-hybridized carbons (Fsp3) is 0.263. The molecule has 134 valence electrons. The molecule has 1 aromatic heterocycles. The van der Waals surface area contributed by atoms with Crippen LogP contribution in [0.15, 0.2) is 52.9 Å². The maximum absolute atomic E-state index is 9.62. The van der Waals surface area contributed by atoms with Crippen molar-refractivity contribution in [1.29, 1.82) is 0 Å². The Morgan fingerprint density at radius 1 is 1.04 bits per heavy atom. The van der Waals surface area contributed by atoms with Gasteiger partial charge in [-0.2, -0.15) is 0 Å². The largest absolute Gasteiger partial charge is 0.493 e. The van der Waals surface area contributed by atoms with E-state index >= 15 is 0 Å². The Labute approximate surface area is 152 Å². The fourth-order valence-corrected chi connectivity index (χ4v) is 2.64. The molecule has 7 heteroatoms. The monoisotopic (exact) mass is 352 g/mol. The van der Waals surface area contributed by atoms with Gasteiger partial charge < -0.3 is 19.2 Å². The number of nitrogens with zero attached hydrogens (tertiary/aromatic N) is 2. The zero-order chi connectivity index (χ0) is 18.4. The van der Waals surface area contributed by atoms with E-state index in [0.29, 0.717) is 35.7 Å². The summed E-state index contributed by atoms with van der Waals surface area (Å²) in [5.41, 5.74) is 1.95. The van der Waals surface area contributed by atoms with Gasteiger partial charge in [-0.3, -0.25) is 0 Å². The quantitative estimate of drug-likeness (QED) is 0.603. The number of aryl methyl sites for hydroxylation is 1. The molecule has 1 heterocycles. The molecule has 2 N–H and O–H groups in total. The topological polar surface area (TPSA) is 88.6 Å². The molecule has 2 aromatic carbocycles. The molecule has 0 amide bonds. The van der Waals surface area contributed by atoms with Crippen LogP contribution in [0.25, 0.3) is 11.5 Å². The zero-order valence-electron chi connectivity index (χ0n) is 14.6. The van der Waals surface area contributed by atoms with Gasteiger partial charge in [0.05, 0.1) is 6.61 Å². The second kappa shape index (κ2) is 8.64. The SMILES string of the molecule is CCCc1nnc(-c2cc(OCCc3ccccc3)ccc2B(O)O)o1. The second-order valence-corrected chi connectivity index (χ2v) is 5.96. The fourth-order valence-electron chi connectivity index (χ4n) is 2.64. The van der Waals surface area contributed by atoms with E-state index in [1.165, 1.54) is 5.56 Å². The molecule has 0 fully saturated rings. The molecular formula is C19H21BN2O4. The van der Waals surface area contributed by atoms with Gasteiger partial charge in [0.1, 0.15) is 5.75 Å². The van der Waals surface area contributed by atoms with Crippen LogP contribution in [0.1, 0.15) is 24.8 Å². The number of benzene rings is 2. The molecule has 0 saturated heterocycles. The average Bonchev–Trinajstić information content (AvgIpc) is 3.11. The lowest BCUT2D eigenvalue weighted by Gasteiger charge is -2.10. The van der Waals surface area contributed by atoms with Gasteiger partial charge in [-0.05, 0) is 29.6 Å². The van der Waals surface area contributed by atoms with Gasteiger partial charge in [-0.15, -0.1) is 10.2 Å². The highest BCUT2D eigenvalue weighted by atomic mass is 16.5. The van der Waals surface area contributed by atoms with Crippen molar-refractivity contribution in [3.63, 3.8) is 0 Å². The molecule has 0 saturated carbocycles. The number of hydrogen-bond acceptors (Lipinski definition) is 6. The van der Waals surface area contributed by atoms with Crippen molar-refractivity contribution in [2.45, 2.75) is 26.2 Å². The van der Waals surface area contributed by atoms with Gasteiger partial charge >= 0.3 is 7.12 Å². The van der Waals surface area contributed by atoms with Crippen LogP contribution in [0.3, 0.4) is 0 Å². The molecule has 3 aromatic rings. The van der Waals surface area contributed by atoms with Gasteiger partial charge in [0.15, 0.2) is 0 Å². The Morgan fingerprint density at radius 3 is 2.58 bits per heavy atom. The van der Waals surface area contributed by atoms with Crippen LogP contribution in [-0.4, -0.2) is 34.0 Å². The maximum atomic E-state index is 9.62. The van der Waals surface area contributed by atoms with Crippen LogP contribution in [0.2, 0.25) is 0 Å². The average molecular weight is 352 g/mol. The van der Waals surface area contributed by atoms with Gasteiger partial charge in [0.25, 0.3) is 0 Å². The number of rotatable bonds is 8. The predicted molar refractivity (Wildman–Crippen MR) is 99.2 cm³/mol. The van der Waals surface area contributed by atoms with Crippen molar-refractivity contribution in [2.24, 2.45) is 0 Å². The first-order valence-corrected chi connectivity index (χ1v) is 8.67. The Hall–Kier alpha value is -2.64. The lowest BCUT2D eigenvalue weighted by atomic mass is 9.77. The van der Waals surface area contributed by atoms with Crippen molar-refractivity contribution in [3.8, 4) is 17.2 Å². The first-order chi connectivity index (χ1) is 12.7. The molecule has 0 bridgehead atoms. The molecule has 6 nitrogen and oxygen atoms in total. The van der Waals surface area contributed by atoms with Crippen molar-refractivity contribution in [3.05, 3.63) is 60.0 Å². The normalized spacial score (nSPS) is 10.7. The van der Waals surface area contributed by atoms with E-state index in [1.807, 2.05) is 37.3 Å². The first-order valence-electron chi connectivity index (χ1n) is 8.67.